The molecule has 7 N–H and O–H groups in total. The topological polar surface area (TPSA) is 267 Å². The third-order valence-corrected chi connectivity index (χ3v) is 13.8. The van der Waals surface area contributed by atoms with Crippen molar-refractivity contribution in [3.05, 3.63) is 79.9 Å². The van der Waals surface area contributed by atoms with E-state index in [2.05, 4.69) is 0 Å². The molecule has 2 saturated heterocycles. The quantitative estimate of drug-likeness (QED) is 0.0655. The molecule has 2 fully saturated rings. The normalized spacial score (nSPS) is 34.8. The molecule has 0 aliphatic carbocycles. The Bertz CT molecular complexity index is 2220. The van der Waals surface area contributed by atoms with Crippen LogP contribution in [0.1, 0.15) is 111 Å². The number of aliphatic hydroxyl groups is 5. The van der Waals surface area contributed by atoms with E-state index in [-0.39, 0.29) is 35.4 Å². The molecule has 14 atom stereocenters. The van der Waals surface area contributed by atoms with E-state index in [0.29, 0.717) is 23.1 Å². The molecule has 0 radical (unpaired) electrons. The van der Waals surface area contributed by atoms with Crippen molar-refractivity contribution in [1.82, 2.24) is 0 Å². The number of rotatable bonds is 13. The van der Waals surface area contributed by atoms with E-state index in [9.17, 15) is 50.1 Å². The summed E-state index contributed by atoms with van der Waals surface area (Å²) in [5, 5.41) is 76.5. The molecule has 1 aromatic carbocycles. The number of phenolic OH excluding ortho intramolecular Hbond substituents is 2. The van der Waals surface area contributed by atoms with Gasteiger partial charge in [0.1, 0.15) is 46.7 Å². The lowest BCUT2D eigenvalue weighted by Gasteiger charge is -2.47. The molecule has 3 aliphatic rings. The fourth-order valence-electron chi connectivity index (χ4n) is 8.60. The fraction of sp³-hybridized carbons (Fsp3) is 0.635. The van der Waals surface area contributed by atoms with Gasteiger partial charge in [0.05, 0.1) is 47.5 Å². The van der Waals surface area contributed by atoms with E-state index in [1.807, 2.05) is 32.9 Å². The molecular weight excluding hydrogens is 983 g/mol. The highest BCUT2D eigenvalue weighted by Crippen LogP contribution is 2.45. The second-order valence-electron chi connectivity index (χ2n) is 19.4. The number of hydrogen-bond acceptors (Lipinski definition) is 18. The van der Waals surface area contributed by atoms with Crippen molar-refractivity contribution in [2.24, 2.45) is 11.8 Å². The number of esters is 3. The lowest BCUT2D eigenvalue weighted by molar-refractivity contribution is -0.333. The van der Waals surface area contributed by atoms with Crippen LogP contribution >= 0.6 is 23.2 Å². The van der Waals surface area contributed by atoms with Crippen LogP contribution in [0.15, 0.2) is 58.7 Å². The first-order valence-corrected chi connectivity index (χ1v) is 24.9. The number of methoxy groups -OCH3 is 1. The van der Waals surface area contributed by atoms with Crippen LogP contribution < -0.4 is 0 Å². The maximum Gasteiger partial charge on any atom is 0.342 e. The summed E-state index contributed by atoms with van der Waals surface area (Å²) in [7, 11) is 1.26. The molecule has 1 aromatic rings. The van der Waals surface area contributed by atoms with Gasteiger partial charge < -0.3 is 73.6 Å². The number of aliphatic hydroxyl groups excluding tert-OH is 5. The van der Waals surface area contributed by atoms with Crippen LogP contribution in [0, 0.1) is 11.8 Å². The maximum absolute atomic E-state index is 13.9. The monoisotopic (exact) mass is 1060 g/mol. The summed E-state index contributed by atoms with van der Waals surface area (Å²) in [6.45, 7) is 18.1. The van der Waals surface area contributed by atoms with E-state index in [4.69, 9.17) is 61.1 Å². The highest BCUT2D eigenvalue weighted by Gasteiger charge is 2.53. The lowest BCUT2D eigenvalue weighted by atomic mass is 9.88. The second kappa shape index (κ2) is 26.5. The molecule has 4 rings (SSSR count). The van der Waals surface area contributed by atoms with Crippen LogP contribution in [-0.4, -0.2) is 153 Å². The molecule has 18 nitrogen and oxygen atoms in total. The van der Waals surface area contributed by atoms with E-state index < -0.39 is 144 Å². The number of ether oxygens (including phenoxy) is 8. The van der Waals surface area contributed by atoms with Crippen LogP contribution in [0.3, 0.4) is 0 Å². The van der Waals surface area contributed by atoms with Gasteiger partial charge in [0, 0.05) is 19.4 Å². The van der Waals surface area contributed by atoms with Gasteiger partial charge in [-0.3, -0.25) is 4.79 Å². The molecule has 0 spiro atoms. The van der Waals surface area contributed by atoms with Crippen LogP contribution in [0.4, 0.5) is 0 Å². The maximum atomic E-state index is 13.9. The second-order valence-corrected chi connectivity index (χ2v) is 20.1. The zero-order chi connectivity index (χ0) is 54.1. The van der Waals surface area contributed by atoms with Gasteiger partial charge in [-0.1, -0.05) is 86.9 Å². The third kappa shape index (κ3) is 14.7. The van der Waals surface area contributed by atoms with Crippen LogP contribution in [0.25, 0.3) is 0 Å². The van der Waals surface area contributed by atoms with Gasteiger partial charge in [0.15, 0.2) is 36.3 Å². The van der Waals surface area contributed by atoms with Crippen molar-refractivity contribution < 1.29 is 88.0 Å². The summed E-state index contributed by atoms with van der Waals surface area (Å²) in [5.74, 6) is -4.78. The number of phenols is 2. The van der Waals surface area contributed by atoms with Crippen LogP contribution in [-0.2, 0) is 53.9 Å². The Kier molecular flexibility index (Phi) is 22.4. The molecule has 3 aliphatic heterocycles. The first kappa shape index (κ1) is 60.7. The Balaban J connectivity index is 1.61. The zero-order valence-corrected chi connectivity index (χ0v) is 44.5. The van der Waals surface area contributed by atoms with E-state index in [1.54, 1.807) is 53.7 Å². The van der Waals surface area contributed by atoms with Crippen molar-refractivity contribution >= 4 is 41.1 Å². The predicted molar refractivity (Wildman–Crippen MR) is 265 cm³/mol. The largest absolute Gasteiger partial charge is 0.505 e. The standard InChI is InChI=1S/C52H74Cl2O18/c1-13-30-22-26(6)33(56)18-16-15-17-31(23-66-51-45(65-12)42(61)44(29(9)67-51)69-49(64)35-32(14-2)36(53)39(58)37(54)38(35)57)48(63)68-34(28(8)55)20-19-25(5)21-27(7)43(30)70-50-41(60)40(59)46(52(10,11)72-50)71-47(62)24(3)4/h15-17,19,21-22,24,28-30,33-34,40-46,50-51,55-61H,13-14,18,20,23H2,1-12H3/b16-15+,25-19+,26-22+,27-21+,31-17+/t28-,29?,30+,33+,34+,40-,41+,42+,43?,44-,45+,46+,50-,51-/m1/s1. The Morgan fingerprint density at radius 1 is 0.903 bits per heavy atom. The molecule has 72 heavy (non-hydrogen) atoms. The molecule has 2 unspecified atom stereocenters. The minimum atomic E-state index is -1.61. The lowest BCUT2D eigenvalue weighted by Crippen LogP contribution is -2.64. The number of halogens is 2. The summed E-state index contributed by atoms with van der Waals surface area (Å²) < 4.78 is 47.5. The van der Waals surface area contributed by atoms with Crippen molar-refractivity contribution in [3.63, 3.8) is 0 Å². The van der Waals surface area contributed by atoms with Gasteiger partial charge in [-0.2, -0.15) is 0 Å². The molecule has 20 heteroatoms. The van der Waals surface area contributed by atoms with Crippen molar-refractivity contribution in [2.75, 3.05) is 13.7 Å². The van der Waals surface area contributed by atoms with Crippen LogP contribution in [0.5, 0.6) is 11.5 Å². The average molecular weight is 1060 g/mol. The SMILES string of the molecule is CCc1c(Cl)c(O)c(Cl)c(O)c1C(=O)O[C@@H]1C(C)O[C@@H](OC/C2=C\C=C\C[C@H](O)/C(C)=C/[C@H](CC)C(O[C@@H]3OC(C)(C)[C@@H](OC(=O)C(C)C)[C@H](O)[C@@H]3O)/C(C)=C/C(C)=C/C[C@@H]([C@@H](C)O)OC2=O)[C@@H](OC)[C@H]1O. The highest BCUT2D eigenvalue weighted by atomic mass is 35.5. The van der Waals surface area contributed by atoms with Gasteiger partial charge in [0.25, 0.3) is 0 Å². The molecular formula is C52H74Cl2O18. The number of carbonyl (C=O) groups excluding carboxylic acids is 3. The number of benzene rings is 1. The summed E-state index contributed by atoms with van der Waals surface area (Å²) in [4.78, 5) is 40.0. The minimum Gasteiger partial charge on any atom is -0.505 e. The van der Waals surface area contributed by atoms with Gasteiger partial charge in [0.2, 0.25) is 0 Å². The molecule has 0 bridgehead atoms. The fourth-order valence-corrected chi connectivity index (χ4v) is 9.16. The van der Waals surface area contributed by atoms with Crippen molar-refractivity contribution in [3.8, 4) is 11.5 Å². The van der Waals surface area contributed by atoms with Gasteiger partial charge in [-0.05, 0) is 90.5 Å². The number of aromatic hydroxyl groups is 2. The minimum absolute atomic E-state index is 0.0372. The Labute approximate surface area is 431 Å². The van der Waals surface area contributed by atoms with E-state index >= 15 is 0 Å². The molecule has 0 saturated carbocycles. The molecule has 3 heterocycles. The summed E-state index contributed by atoms with van der Waals surface area (Å²) in [6, 6.07) is 0. The van der Waals surface area contributed by atoms with E-state index in [1.165, 1.54) is 33.1 Å². The first-order chi connectivity index (χ1) is 33.7. The molecule has 404 valence electrons. The van der Waals surface area contributed by atoms with Gasteiger partial charge in [-0.25, -0.2) is 9.59 Å². The summed E-state index contributed by atoms with van der Waals surface area (Å²) in [6.07, 6.45) is -5.45. The van der Waals surface area contributed by atoms with E-state index in [0.717, 1.165) is 0 Å². The first-order valence-electron chi connectivity index (χ1n) is 24.2. The van der Waals surface area contributed by atoms with Gasteiger partial charge in [-0.15, -0.1) is 0 Å². The summed E-state index contributed by atoms with van der Waals surface area (Å²) in [5.41, 5.74) is 0.318. The molecule has 0 aromatic heterocycles. The average Bonchev–Trinajstić information content (AvgIpc) is 3.32. The number of cyclic esters (lactones) is 1. The number of hydrogen-bond donors (Lipinski definition) is 7. The Morgan fingerprint density at radius 3 is 2.17 bits per heavy atom. The highest BCUT2D eigenvalue weighted by molar-refractivity contribution is 6.39. The third-order valence-electron chi connectivity index (χ3n) is 13.0. The van der Waals surface area contributed by atoms with Gasteiger partial charge >= 0.3 is 17.9 Å². The number of allylic oxidation sites excluding steroid dienone is 4. The predicted octanol–water partition coefficient (Wildman–Crippen LogP) is 6.23. The smallest absolute Gasteiger partial charge is 0.342 e. The van der Waals surface area contributed by atoms with Crippen molar-refractivity contribution in [2.45, 2.75) is 187 Å². The Hall–Kier alpha value is -3.89. The Morgan fingerprint density at radius 2 is 1.57 bits per heavy atom. The zero-order valence-electron chi connectivity index (χ0n) is 43.0. The van der Waals surface area contributed by atoms with Crippen LogP contribution in [0.2, 0.25) is 10.0 Å². The molecule has 0 amide bonds. The summed E-state index contributed by atoms with van der Waals surface area (Å²) >= 11 is 12.3. The van der Waals surface area contributed by atoms with Crippen molar-refractivity contribution in [1.29, 1.82) is 0 Å². The number of carbonyl (C=O) groups is 3.